The van der Waals surface area contributed by atoms with Gasteiger partial charge < -0.3 is 15.9 Å². The SMILES string of the molecule is Cc1ccc(C(=O)O)c(C(=O)O)c1N. The van der Waals surface area contributed by atoms with Crippen LogP contribution in [0.1, 0.15) is 26.3 Å². The maximum Gasteiger partial charge on any atom is 0.338 e. The zero-order valence-corrected chi connectivity index (χ0v) is 7.44. The van der Waals surface area contributed by atoms with Crippen molar-refractivity contribution in [3.05, 3.63) is 28.8 Å². The molecule has 14 heavy (non-hydrogen) atoms. The van der Waals surface area contributed by atoms with E-state index >= 15 is 0 Å². The first-order valence-corrected chi connectivity index (χ1v) is 3.80. The van der Waals surface area contributed by atoms with Gasteiger partial charge in [-0.15, -0.1) is 0 Å². The Hall–Kier alpha value is -2.04. The van der Waals surface area contributed by atoms with Crippen molar-refractivity contribution in [2.45, 2.75) is 6.92 Å². The van der Waals surface area contributed by atoms with Crippen molar-refractivity contribution >= 4 is 17.6 Å². The Morgan fingerprint density at radius 3 is 2.21 bits per heavy atom. The van der Waals surface area contributed by atoms with Crippen LogP contribution in [0, 0.1) is 6.92 Å². The summed E-state index contributed by atoms with van der Waals surface area (Å²) >= 11 is 0. The molecule has 0 fully saturated rings. The van der Waals surface area contributed by atoms with Crippen molar-refractivity contribution in [2.75, 3.05) is 5.73 Å². The van der Waals surface area contributed by atoms with Crippen molar-refractivity contribution in [3.8, 4) is 0 Å². The van der Waals surface area contributed by atoms with Gasteiger partial charge >= 0.3 is 11.9 Å². The van der Waals surface area contributed by atoms with Gasteiger partial charge in [-0.25, -0.2) is 9.59 Å². The van der Waals surface area contributed by atoms with E-state index in [1.807, 2.05) is 0 Å². The third-order valence-electron chi connectivity index (χ3n) is 1.91. The molecule has 0 unspecified atom stereocenters. The quantitative estimate of drug-likeness (QED) is 0.610. The molecule has 4 N–H and O–H groups in total. The van der Waals surface area contributed by atoms with Gasteiger partial charge in [-0.05, 0) is 18.6 Å². The second kappa shape index (κ2) is 3.37. The molecule has 0 aromatic heterocycles. The highest BCUT2D eigenvalue weighted by Gasteiger charge is 2.19. The Labute approximate surface area is 79.8 Å². The van der Waals surface area contributed by atoms with Crippen molar-refractivity contribution < 1.29 is 19.8 Å². The van der Waals surface area contributed by atoms with Crippen LogP contribution in [0.25, 0.3) is 0 Å². The predicted molar refractivity (Wildman–Crippen MR) is 49.5 cm³/mol. The van der Waals surface area contributed by atoms with Gasteiger partial charge in [0.2, 0.25) is 0 Å². The second-order valence-corrected chi connectivity index (χ2v) is 2.83. The highest BCUT2D eigenvalue weighted by Crippen LogP contribution is 2.21. The zero-order chi connectivity index (χ0) is 10.9. The van der Waals surface area contributed by atoms with Gasteiger partial charge in [-0.3, -0.25) is 0 Å². The fourth-order valence-electron chi connectivity index (χ4n) is 1.13. The van der Waals surface area contributed by atoms with Gasteiger partial charge in [0.25, 0.3) is 0 Å². The van der Waals surface area contributed by atoms with Crippen LogP contribution in [0.2, 0.25) is 0 Å². The number of anilines is 1. The fraction of sp³-hybridized carbons (Fsp3) is 0.111. The molecular formula is C9H9NO4. The first-order chi connectivity index (χ1) is 6.45. The molecule has 0 bridgehead atoms. The van der Waals surface area contributed by atoms with E-state index in [1.54, 1.807) is 6.92 Å². The highest BCUT2D eigenvalue weighted by molar-refractivity contribution is 6.05. The van der Waals surface area contributed by atoms with E-state index in [4.69, 9.17) is 15.9 Å². The summed E-state index contributed by atoms with van der Waals surface area (Å²) in [4.78, 5) is 21.4. The fourth-order valence-corrected chi connectivity index (χ4v) is 1.13. The highest BCUT2D eigenvalue weighted by atomic mass is 16.4. The minimum absolute atomic E-state index is 0.00241. The number of carbonyl (C=O) groups is 2. The number of hydrogen-bond acceptors (Lipinski definition) is 3. The maximum atomic E-state index is 10.8. The Bertz CT molecular complexity index is 412. The first-order valence-electron chi connectivity index (χ1n) is 3.80. The molecule has 1 aromatic carbocycles. The average Bonchev–Trinajstić information content (AvgIpc) is 2.08. The van der Waals surface area contributed by atoms with Gasteiger partial charge in [-0.1, -0.05) is 6.07 Å². The normalized spacial score (nSPS) is 9.79. The molecule has 74 valence electrons. The minimum atomic E-state index is -1.33. The Kier molecular flexibility index (Phi) is 2.42. The third-order valence-corrected chi connectivity index (χ3v) is 1.91. The average molecular weight is 195 g/mol. The number of rotatable bonds is 2. The number of hydrogen-bond donors (Lipinski definition) is 3. The third kappa shape index (κ3) is 1.52. The van der Waals surface area contributed by atoms with Crippen molar-refractivity contribution in [2.24, 2.45) is 0 Å². The molecule has 5 heteroatoms. The molecule has 0 atom stereocenters. The monoisotopic (exact) mass is 195 g/mol. The van der Waals surface area contributed by atoms with Gasteiger partial charge in [0, 0.05) is 5.69 Å². The van der Waals surface area contributed by atoms with E-state index in [2.05, 4.69) is 0 Å². The summed E-state index contributed by atoms with van der Waals surface area (Å²) in [6.45, 7) is 1.62. The number of nitrogen functional groups attached to an aromatic ring is 1. The van der Waals surface area contributed by atoms with Crippen molar-refractivity contribution in [1.82, 2.24) is 0 Å². The lowest BCUT2D eigenvalue weighted by molar-refractivity contribution is 0.0652. The Morgan fingerprint density at radius 2 is 1.79 bits per heavy atom. The molecular weight excluding hydrogens is 186 g/mol. The van der Waals surface area contributed by atoms with Crippen molar-refractivity contribution in [1.29, 1.82) is 0 Å². The number of benzene rings is 1. The van der Waals surface area contributed by atoms with E-state index in [-0.39, 0.29) is 16.8 Å². The molecule has 0 aliphatic rings. The van der Waals surface area contributed by atoms with Gasteiger partial charge in [0.1, 0.15) is 0 Å². The molecule has 0 aliphatic carbocycles. The van der Waals surface area contributed by atoms with Crippen LogP contribution in [0.5, 0.6) is 0 Å². The Balaban J connectivity index is 3.53. The van der Waals surface area contributed by atoms with Crippen LogP contribution in [-0.4, -0.2) is 22.2 Å². The first kappa shape index (κ1) is 10.0. The van der Waals surface area contributed by atoms with Crippen LogP contribution in [0.15, 0.2) is 12.1 Å². The van der Waals surface area contributed by atoms with E-state index in [1.165, 1.54) is 12.1 Å². The maximum absolute atomic E-state index is 10.8. The lowest BCUT2D eigenvalue weighted by atomic mass is 10.0. The van der Waals surface area contributed by atoms with Gasteiger partial charge in [-0.2, -0.15) is 0 Å². The number of nitrogens with two attached hydrogens (primary N) is 1. The van der Waals surface area contributed by atoms with Crippen LogP contribution < -0.4 is 5.73 Å². The second-order valence-electron chi connectivity index (χ2n) is 2.83. The largest absolute Gasteiger partial charge is 0.478 e. The summed E-state index contributed by atoms with van der Waals surface area (Å²) in [6.07, 6.45) is 0. The van der Waals surface area contributed by atoms with Gasteiger partial charge in [0.15, 0.2) is 0 Å². The standard InChI is InChI=1S/C9H9NO4/c1-4-2-3-5(8(11)12)6(7(4)10)9(13)14/h2-3H,10H2,1H3,(H,11,12)(H,13,14). The van der Waals surface area contributed by atoms with E-state index in [0.717, 1.165) is 0 Å². The number of aromatic carboxylic acids is 2. The molecule has 0 aliphatic heterocycles. The zero-order valence-electron chi connectivity index (χ0n) is 7.44. The smallest absolute Gasteiger partial charge is 0.338 e. The molecule has 0 radical (unpaired) electrons. The summed E-state index contributed by atoms with van der Waals surface area (Å²) in [5, 5.41) is 17.5. The molecule has 0 amide bonds. The molecule has 0 saturated heterocycles. The summed E-state index contributed by atoms with van der Waals surface area (Å²) in [6, 6.07) is 2.71. The Morgan fingerprint density at radius 1 is 1.21 bits per heavy atom. The van der Waals surface area contributed by atoms with Crippen LogP contribution in [0.4, 0.5) is 5.69 Å². The summed E-state index contributed by atoms with van der Waals surface area (Å²) in [5.41, 5.74) is 5.38. The van der Waals surface area contributed by atoms with E-state index in [9.17, 15) is 9.59 Å². The predicted octanol–water partition coefficient (Wildman–Crippen LogP) is 0.974. The molecule has 1 rings (SSSR count). The van der Waals surface area contributed by atoms with E-state index in [0.29, 0.717) is 5.56 Å². The van der Waals surface area contributed by atoms with Crippen LogP contribution in [0.3, 0.4) is 0 Å². The molecule has 0 spiro atoms. The summed E-state index contributed by atoms with van der Waals surface area (Å²) in [5.74, 6) is -2.63. The minimum Gasteiger partial charge on any atom is -0.478 e. The number of aryl methyl sites for hydroxylation is 1. The molecule has 0 heterocycles. The number of carboxylic acids is 2. The summed E-state index contributed by atoms with van der Waals surface area (Å²) in [7, 11) is 0. The topological polar surface area (TPSA) is 101 Å². The number of carboxylic acid groups (broad SMARTS) is 2. The lowest BCUT2D eigenvalue weighted by Crippen LogP contribution is -2.12. The van der Waals surface area contributed by atoms with Crippen molar-refractivity contribution in [3.63, 3.8) is 0 Å². The summed E-state index contributed by atoms with van der Waals surface area (Å²) < 4.78 is 0. The van der Waals surface area contributed by atoms with Crippen LogP contribution in [-0.2, 0) is 0 Å². The van der Waals surface area contributed by atoms with Crippen LogP contribution >= 0.6 is 0 Å². The molecule has 5 nitrogen and oxygen atoms in total. The molecule has 0 saturated carbocycles. The molecule has 1 aromatic rings. The lowest BCUT2D eigenvalue weighted by Gasteiger charge is -2.07. The van der Waals surface area contributed by atoms with E-state index < -0.39 is 11.9 Å². The van der Waals surface area contributed by atoms with Gasteiger partial charge in [0.05, 0.1) is 11.1 Å².